The molecule has 3 atom stereocenters. The van der Waals surface area contributed by atoms with E-state index in [2.05, 4.69) is 33.8 Å². The van der Waals surface area contributed by atoms with Crippen molar-refractivity contribution in [1.82, 2.24) is 0 Å². The zero-order valence-electron chi connectivity index (χ0n) is 8.54. The highest BCUT2D eigenvalue weighted by molar-refractivity contribution is 5.10. The van der Waals surface area contributed by atoms with Crippen LogP contribution >= 0.6 is 0 Å². The summed E-state index contributed by atoms with van der Waals surface area (Å²) in [6, 6.07) is 0. The van der Waals surface area contributed by atoms with Crippen molar-refractivity contribution < 1.29 is 5.11 Å². The Kier molecular flexibility index (Phi) is 2.94. The Morgan fingerprint density at radius 2 is 2.08 bits per heavy atom. The Bertz CT molecular complexity index is 181. The Balaban J connectivity index is 2.77. The van der Waals surface area contributed by atoms with Gasteiger partial charge >= 0.3 is 0 Å². The standard InChI is InChI=1S/C11H20O/c1-7(2)10-6-8(3)5-9(4)11(10)12/h6-7,9-12H,5H2,1-4H3. The summed E-state index contributed by atoms with van der Waals surface area (Å²) < 4.78 is 0. The molecular formula is C11H20O. The van der Waals surface area contributed by atoms with Crippen molar-refractivity contribution >= 4 is 0 Å². The molecule has 0 aromatic rings. The van der Waals surface area contributed by atoms with Crippen molar-refractivity contribution in [3.8, 4) is 0 Å². The summed E-state index contributed by atoms with van der Waals surface area (Å²) in [5, 5.41) is 9.88. The quantitative estimate of drug-likeness (QED) is 0.597. The van der Waals surface area contributed by atoms with Crippen molar-refractivity contribution in [3.63, 3.8) is 0 Å². The molecule has 1 rings (SSSR count). The van der Waals surface area contributed by atoms with Crippen molar-refractivity contribution in [1.29, 1.82) is 0 Å². The van der Waals surface area contributed by atoms with E-state index >= 15 is 0 Å². The molecule has 1 nitrogen and oxygen atoms in total. The molecule has 1 heteroatoms. The fraction of sp³-hybridized carbons (Fsp3) is 0.818. The van der Waals surface area contributed by atoms with E-state index in [1.165, 1.54) is 5.57 Å². The van der Waals surface area contributed by atoms with Crippen LogP contribution in [-0.4, -0.2) is 11.2 Å². The molecule has 0 aromatic heterocycles. The Morgan fingerprint density at radius 1 is 1.50 bits per heavy atom. The minimum atomic E-state index is -0.131. The fourth-order valence-corrected chi connectivity index (χ4v) is 2.09. The van der Waals surface area contributed by atoms with Crippen molar-refractivity contribution in [2.24, 2.45) is 17.8 Å². The molecule has 0 radical (unpaired) electrons. The van der Waals surface area contributed by atoms with Gasteiger partial charge in [-0.1, -0.05) is 32.4 Å². The molecule has 0 heterocycles. The maximum absolute atomic E-state index is 9.88. The average Bonchev–Trinajstić information content (AvgIpc) is 1.96. The van der Waals surface area contributed by atoms with Gasteiger partial charge in [-0.25, -0.2) is 0 Å². The first-order chi connectivity index (χ1) is 5.52. The van der Waals surface area contributed by atoms with E-state index in [9.17, 15) is 5.11 Å². The van der Waals surface area contributed by atoms with E-state index < -0.39 is 0 Å². The van der Waals surface area contributed by atoms with E-state index in [1.807, 2.05) is 0 Å². The molecule has 0 spiro atoms. The van der Waals surface area contributed by atoms with E-state index in [0.29, 0.717) is 17.8 Å². The van der Waals surface area contributed by atoms with Gasteiger partial charge in [-0.15, -0.1) is 0 Å². The smallest absolute Gasteiger partial charge is 0.0633 e. The summed E-state index contributed by atoms with van der Waals surface area (Å²) >= 11 is 0. The molecule has 0 fully saturated rings. The molecule has 0 saturated carbocycles. The highest BCUT2D eigenvalue weighted by Crippen LogP contribution is 2.32. The summed E-state index contributed by atoms with van der Waals surface area (Å²) in [6.45, 7) is 8.65. The molecule has 70 valence electrons. The molecule has 0 aliphatic heterocycles. The molecule has 0 amide bonds. The number of rotatable bonds is 1. The van der Waals surface area contributed by atoms with Gasteiger partial charge in [0.15, 0.2) is 0 Å². The second kappa shape index (κ2) is 3.61. The van der Waals surface area contributed by atoms with Crippen molar-refractivity contribution in [2.45, 2.75) is 40.2 Å². The topological polar surface area (TPSA) is 20.2 Å². The summed E-state index contributed by atoms with van der Waals surface area (Å²) in [4.78, 5) is 0. The van der Waals surface area contributed by atoms with Gasteiger partial charge in [-0.05, 0) is 25.2 Å². The van der Waals surface area contributed by atoms with Gasteiger partial charge in [-0.2, -0.15) is 0 Å². The van der Waals surface area contributed by atoms with Crippen LogP contribution in [0.5, 0.6) is 0 Å². The molecule has 3 unspecified atom stereocenters. The number of aliphatic hydroxyl groups excluding tert-OH is 1. The summed E-state index contributed by atoms with van der Waals surface area (Å²) in [5.41, 5.74) is 1.44. The molecule has 0 aromatic carbocycles. The predicted octanol–water partition coefficient (Wildman–Crippen LogP) is 2.61. The van der Waals surface area contributed by atoms with Gasteiger partial charge in [0.2, 0.25) is 0 Å². The van der Waals surface area contributed by atoms with E-state index in [0.717, 1.165) is 6.42 Å². The van der Waals surface area contributed by atoms with Crippen molar-refractivity contribution in [2.75, 3.05) is 0 Å². The molecule has 12 heavy (non-hydrogen) atoms. The fourth-order valence-electron chi connectivity index (χ4n) is 2.09. The van der Waals surface area contributed by atoms with Gasteiger partial charge in [0, 0.05) is 5.92 Å². The molecule has 0 bridgehead atoms. The Labute approximate surface area is 75.5 Å². The lowest BCUT2D eigenvalue weighted by atomic mass is 9.76. The predicted molar refractivity (Wildman–Crippen MR) is 51.9 cm³/mol. The van der Waals surface area contributed by atoms with Gasteiger partial charge < -0.3 is 5.11 Å². The van der Waals surface area contributed by atoms with Crippen LogP contribution in [0.1, 0.15) is 34.1 Å². The van der Waals surface area contributed by atoms with Crippen LogP contribution in [-0.2, 0) is 0 Å². The highest BCUT2D eigenvalue weighted by Gasteiger charge is 2.29. The third-order valence-corrected chi connectivity index (χ3v) is 2.87. The first-order valence-corrected chi connectivity index (χ1v) is 4.87. The summed E-state index contributed by atoms with van der Waals surface area (Å²) in [5.74, 6) is 1.36. The third kappa shape index (κ3) is 1.89. The van der Waals surface area contributed by atoms with Crippen LogP contribution in [0.25, 0.3) is 0 Å². The first kappa shape index (κ1) is 9.79. The van der Waals surface area contributed by atoms with Crippen LogP contribution in [0.15, 0.2) is 11.6 Å². The van der Waals surface area contributed by atoms with Crippen LogP contribution < -0.4 is 0 Å². The second-order valence-electron chi connectivity index (χ2n) is 4.51. The lowest BCUT2D eigenvalue weighted by Crippen LogP contribution is -2.33. The molecule has 1 N–H and O–H groups in total. The third-order valence-electron chi connectivity index (χ3n) is 2.87. The normalized spacial score (nSPS) is 36.8. The van der Waals surface area contributed by atoms with E-state index in [1.54, 1.807) is 0 Å². The molecule has 1 aliphatic carbocycles. The molecular weight excluding hydrogens is 148 g/mol. The zero-order valence-corrected chi connectivity index (χ0v) is 8.54. The molecule has 1 aliphatic rings. The minimum absolute atomic E-state index is 0.131. The van der Waals surface area contributed by atoms with E-state index in [-0.39, 0.29) is 6.10 Å². The summed E-state index contributed by atoms with van der Waals surface area (Å²) in [6.07, 6.45) is 3.17. The first-order valence-electron chi connectivity index (χ1n) is 4.87. The Morgan fingerprint density at radius 3 is 2.58 bits per heavy atom. The summed E-state index contributed by atoms with van der Waals surface area (Å²) in [7, 11) is 0. The van der Waals surface area contributed by atoms with Crippen molar-refractivity contribution in [3.05, 3.63) is 11.6 Å². The second-order valence-corrected chi connectivity index (χ2v) is 4.51. The van der Waals surface area contributed by atoms with Gasteiger partial charge in [-0.3, -0.25) is 0 Å². The number of hydrogen-bond donors (Lipinski definition) is 1. The van der Waals surface area contributed by atoms with Crippen LogP contribution in [0.2, 0.25) is 0 Å². The maximum atomic E-state index is 9.88. The minimum Gasteiger partial charge on any atom is -0.392 e. The largest absolute Gasteiger partial charge is 0.392 e. The lowest BCUT2D eigenvalue weighted by molar-refractivity contribution is 0.0502. The zero-order chi connectivity index (χ0) is 9.30. The van der Waals surface area contributed by atoms with Crippen LogP contribution in [0.3, 0.4) is 0 Å². The van der Waals surface area contributed by atoms with Crippen LogP contribution in [0.4, 0.5) is 0 Å². The Hall–Kier alpha value is -0.300. The maximum Gasteiger partial charge on any atom is 0.0633 e. The SMILES string of the molecule is CC1=CC(C(C)C)C(O)C(C)C1. The van der Waals surface area contributed by atoms with Gasteiger partial charge in [0.05, 0.1) is 6.10 Å². The number of allylic oxidation sites excluding steroid dienone is 1. The van der Waals surface area contributed by atoms with Crippen LogP contribution in [0, 0.1) is 17.8 Å². The molecule has 0 saturated heterocycles. The monoisotopic (exact) mass is 168 g/mol. The van der Waals surface area contributed by atoms with E-state index in [4.69, 9.17) is 0 Å². The van der Waals surface area contributed by atoms with Gasteiger partial charge in [0.25, 0.3) is 0 Å². The van der Waals surface area contributed by atoms with Gasteiger partial charge in [0.1, 0.15) is 0 Å². The number of aliphatic hydroxyl groups is 1. The lowest BCUT2D eigenvalue weighted by Gasteiger charge is -2.33. The highest BCUT2D eigenvalue weighted by atomic mass is 16.3. The average molecular weight is 168 g/mol. The number of hydrogen-bond acceptors (Lipinski definition) is 1.